The van der Waals surface area contributed by atoms with E-state index in [9.17, 15) is 4.79 Å². The van der Waals surface area contributed by atoms with Crippen molar-refractivity contribution in [2.75, 3.05) is 7.11 Å². The van der Waals surface area contributed by atoms with Gasteiger partial charge in [-0.3, -0.25) is 4.79 Å². The van der Waals surface area contributed by atoms with Crippen LogP contribution in [0.3, 0.4) is 0 Å². The summed E-state index contributed by atoms with van der Waals surface area (Å²) in [6.07, 6.45) is 2.26. The van der Waals surface area contributed by atoms with Crippen molar-refractivity contribution in [3.05, 3.63) is 52.1 Å². The van der Waals surface area contributed by atoms with Crippen molar-refractivity contribution in [1.82, 2.24) is 0 Å². The molecule has 0 saturated carbocycles. The van der Waals surface area contributed by atoms with Gasteiger partial charge in [-0.05, 0) is 23.1 Å². The molecule has 1 aliphatic heterocycles. The second-order valence-electron chi connectivity index (χ2n) is 3.80. The van der Waals surface area contributed by atoms with Gasteiger partial charge in [0.2, 0.25) is 0 Å². The van der Waals surface area contributed by atoms with Crippen LogP contribution in [-0.4, -0.2) is 12.9 Å². The molecule has 0 radical (unpaired) electrons. The third kappa shape index (κ3) is 3.21. The second-order valence-corrected chi connectivity index (χ2v) is 6.31. The van der Waals surface area contributed by atoms with Crippen molar-refractivity contribution >= 4 is 29.3 Å². The molecule has 0 aromatic heterocycles. The SMILES string of the molecule is C=CSC1=CC(=O)CC(c2ccc(OC)cc2)S1. The molecular weight excluding hydrogens is 264 g/mol. The van der Waals surface area contributed by atoms with Crippen molar-refractivity contribution in [3.8, 4) is 5.75 Å². The van der Waals surface area contributed by atoms with Crippen LogP contribution in [-0.2, 0) is 4.79 Å². The third-order valence-corrected chi connectivity index (χ3v) is 4.78. The Labute approximate surface area is 115 Å². The summed E-state index contributed by atoms with van der Waals surface area (Å²) in [4.78, 5) is 11.7. The van der Waals surface area contributed by atoms with Gasteiger partial charge in [0.15, 0.2) is 5.78 Å². The fourth-order valence-corrected chi connectivity index (χ4v) is 3.90. The van der Waals surface area contributed by atoms with Crippen molar-refractivity contribution in [2.24, 2.45) is 0 Å². The highest BCUT2D eigenvalue weighted by molar-refractivity contribution is 8.23. The first-order valence-corrected chi connectivity index (χ1v) is 7.31. The van der Waals surface area contributed by atoms with Gasteiger partial charge in [0.25, 0.3) is 0 Å². The Kier molecular flexibility index (Phi) is 4.55. The van der Waals surface area contributed by atoms with Crippen molar-refractivity contribution in [2.45, 2.75) is 11.7 Å². The summed E-state index contributed by atoms with van der Waals surface area (Å²) < 4.78 is 6.15. The number of carbonyl (C=O) groups excluding carboxylic acids is 1. The molecule has 0 spiro atoms. The Bertz CT molecular complexity index is 477. The van der Waals surface area contributed by atoms with E-state index >= 15 is 0 Å². The Morgan fingerprint density at radius 2 is 2.17 bits per heavy atom. The zero-order chi connectivity index (χ0) is 13.0. The van der Waals surface area contributed by atoms with Crippen molar-refractivity contribution < 1.29 is 9.53 Å². The summed E-state index contributed by atoms with van der Waals surface area (Å²) in [5.74, 6) is 1.01. The lowest BCUT2D eigenvalue weighted by Crippen LogP contribution is -2.07. The van der Waals surface area contributed by atoms with Crippen LogP contribution in [0.15, 0.2) is 46.6 Å². The molecule has 1 unspecified atom stereocenters. The molecule has 1 aromatic rings. The largest absolute Gasteiger partial charge is 0.497 e. The van der Waals surface area contributed by atoms with Crippen molar-refractivity contribution in [3.63, 3.8) is 0 Å². The first kappa shape index (κ1) is 13.3. The fourth-order valence-electron chi connectivity index (χ4n) is 1.74. The van der Waals surface area contributed by atoms with Gasteiger partial charge in [-0.25, -0.2) is 0 Å². The van der Waals surface area contributed by atoms with Crippen LogP contribution in [0.5, 0.6) is 5.75 Å². The van der Waals surface area contributed by atoms with Gasteiger partial charge in [-0.15, -0.1) is 11.8 Å². The lowest BCUT2D eigenvalue weighted by atomic mass is 10.1. The first-order valence-electron chi connectivity index (χ1n) is 5.55. The molecule has 94 valence electrons. The number of benzene rings is 1. The zero-order valence-corrected chi connectivity index (χ0v) is 11.7. The molecular formula is C14H14O2S2. The molecule has 0 N–H and O–H groups in total. The molecule has 0 bridgehead atoms. The highest BCUT2D eigenvalue weighted by atomic mass is 32.2. The van der Waals surface area contributed by atoms with Gasteiger partial charge in [0.1, 0.15) is 5.75 Å². The number of methoxy groups -OCH3 is 1. The number of carbonyl (C=O) groups is 1. The summed E-state index contributed by atoms with van der Waals surface area (Å²) in [6, 6.07) is 7.90. The topological polar surface area (TPSA) is 26.3 Å². The highest BCUT2D eigenvalue weighted by Crippen LogP contribution is 2.45. The highest BCUT2D eigenvalue weighted by Gasteiger charge is 2.22. The van der Waals surface area contributed by atoms with E-state index in [1.807, 2.05) is 24.3 Å². The summed E-state index contributed by atoms with van der Waals surface area (Å²) in [5.41, 5.74) is 1.16. The van der Waals surface area contributed by atoms with Crippen molar-refractivity contribution in [1.29, 1.82) is 0 Å². The Morgan fingerprint density at radius 1 is 1.44 bits per heavy atom. The van der Waals surface area contributed by atoms with E-state index in [0.29, 0.717) is 6.42 Å². The smallest absolute Gasteiger partial charge is 0.158 e. The zero-order valence-electron chi connectivity index (χ0n) is 10.1. The number of hydrogen-bond acceptors (Lipinski definition) is 4. The molecule has 1 heterocycles. The fraction of sp³-hybridized carbons (Fsp3) is 0.214. The molecule has 2 nitrogen and oxygen atoms in total. The van der Waals surface area contributed by atoms with Crippen LogP contribution < -0.4 is 4.74 Å². The second kappa shape index (κ2) is 6.16. The third-order valence-electron chi connectivity index (χ3n) is 2.61. The Hall–Kier alpha value is -1.13. The number of allylic oxidation sites excluding steroid dienone is 1. The summed E-state index contributed by atoms with van der Waals surface area (Å²) in [6.45, 7) is 3.68. The van der Waals surface area contributed by atoms with Gasteiger partial charge in [0, 0.05) is 22.0 Å². The maximum atomic E-state index is 11.7. The van der Waals surface area contributed by atoms with E-state index in [2.05, 4.69) is 6.58 Å². The molecule has 0 amide bonds. The quantitative estimate of drug-likeness (QED) is 0.826. The van der Waals surface area contributed by atoms with E-state index < -0.39 is 0 Å². The number of ketones is 1. The molecule has 0 aliphatic carbocycles. The van der Waals surface area contributed by atoms with E-state index in [4.69, 9.17) is 4.74 Å². The lowest BCUT2D eigenvalue weighted by Gasteiger charge is -2.20. The van der Waals surface area contributed by atoms with Gasteiger partial charge in [-0.2, -0.15) is 0 Å². The van der Waals surface area contributed by atoms with Crippen LogP contribution >= 0.6 is 23.5 Å². The number of rotatable bonds is 4. The lowest BCUT2D eigenvalue weighted by molar-refractivity contribution is -0.114. The van der Waals surface area contributed by atoms with Crippen LogP contribution in [0, 0.1) is 0 Å². The van der Waals surface area contributed by atoms with Gasteiger partial charge in [-0.1, -0.05) is 30.5 Å². The minimum absolute atomic E-state index is 0.180. The summed E-state index contributed by atoms with van der Waals surface area (Å²) in [7, 11) is 1.65. The van der Waals surface area contributed by atoms with Gasteiger partial charge < -0.3 is 4.74 Å². The maximum Gasteiger partial charge on any atom is 0.158 e. The van der Waals surface area contributed by atoms with Crippen LogP contribution in [0.1, 0.15) is 17.2 Å². The predicted octanol–water partition coefficient (Wildman–Crippen LogP) is 4.16. The summed E-state index contributed by atoms with van der Waals surface area (Å²) in [5, 5.41) is 1.94. The Morgan fingerprint density at radius 3 is 2.78 bits per heavy atom. The number of ether oxygens (including phenoxy) is 1. The minimum atomic E-state index is 0.180. The molecule has 4 heteroatoms. The van der Waals surface area contributed by atoms with Crippen LogP contribution in [0.25, 0.3) is 0 Å². The van der Waals surface area contributed by atoms with E-state index in [0.717, 1.165) is 15.6 Å². The molecule has 18 heavy (non-hydrogen) atoms. The molecule has 2 rings (SSSR count). The average molecular weight is 278 g/mol. The van der Waals surface area contributed by atoms with Gasteiger partial charge >= 0.3 is 0 Å². The predicted molar refractivity (Wildman–Crippen MR) is 78.8 cm³/mol. The molecule has 0 fully saturated rings. The first-order chi connectivity index (χ1) is 8.72. The molecule has 1 atom stereocenters. The normalized spacial score (nSPS) is 19.3. The summed E-state index contributed by atoms with van der Waals surface area (Å²) >= 11 is 3.22. The van der Waals surface area contributed by atoms with E-state index in [1.54, 1.807) is 30.4 Å². The number of hydrogen-bond donors (Lipinski definition) is 0. The van der Waals surface area contributed by atoms with Crippen LogP contribution in [0.2, 0.25) is 0 Å². The average Bonchev–Trinajstić information content (AvgIpc) is 2.38. The maximum absolute atomic E-state index is 11.7. The molecule has 0 saturated heterocycles. The van der Waals surface area contributed by atoms with E-state index in [1.165, 1.54) is 11.8 Å². The number of thioether (sulfide) groups is 2. The Balaban J connectivity index is 2.15. The van der Waals surface area contributed by atoms with E-state index in [-0.39, 0.29) is 11.0 Å². The molecule has 1 aromatic carbocycles. The standard InChI is InChI=1S/C14H14O2S2/c1-3-17-14-9-11(15)8-13(18-14)10-4-6-12(16-2)7-5-10/h3-7,9,13H,1,8H2,2H3. The minimum Gasteiger partial charge on any atom is -0.497 e. The van der Waals surface area contributed by atoms with Gasteiger partial charge in [0.05, 0.1) is 7.11 Å². The monoisotopic (exact) mass is 278 g/mol. The molecule has 1 aliphatic rings. The van der Waals surface area contributed by atoms with Crippen LogP contribution in [0.4, 0.5) is 0 Å².